The normalized spacial score (nSPS) is 11.4. The highest BCUT2D eigenvalue weighted by molar-refractivity contribution is 7.99. The highest BCUT2D eigenvalue weighted by atomic mass is 32.2. The topological polar surface area (TPSA) is 58.2 Å². The number of thioether (sulfide) groups is 1. The van der Waals surface area contributed by atoms with Gasteiger partial charge in [-0.3, -0.25) is 9.59 Å². The Labute approximate surface area is 188 Å². The molecule has 3 aromatic carbocycles. The van der Waals surface area contributed by atoms with Gasteiger partial charge in [0.25, 0.3) is 17.6 Å². The lowest BCUT2D eigenvalue weighted by molar-refractivity contribution is -0.136. The van der Waals surface area contributed by atoms with Gasteiger partial charge in [-0.2, -0.15) is 22.0 Å². The lowest BCUT2D eigenvalue weighted by Gasteiger charge is -2.16. The molecule has 3 aromatic rings. The zero-order valence-corrected chi connectivity index (χ0v) is 17.2. The Morgan fingerprint density at radius 1 is 0.788 bits per heavy atom. The number of hydrogen-bond donors (Lipinski definition) is 2. The van der Waals surface area contributed by atoms with E-state index in [0.717, 1.165) is 24.3 Å². The maximum atomic E-state index is 13.6. The minimum atomic E-state index is -4.86. The molecule has 0 fully saturated rings. The van der Waals surface area contributed by atoms with E-state index in [0.29, 0.717) is 6.07 Å². The molecule has 172 valence electrons. The summed E-state index contributed by atoms with van der Waals surface area (Å²) in [6.45, 7) is 0. The van der Waals surface area contributed by atoms with Gasteiger partial charge in [-0.15, -0.1) is 0 Å². The third-order valence-electron chi connectivity index (χ3n) is 4.28. The minimum Gasteiger partial charge on any atom is -0.322 e. The molecule has 3 rings (SSSR count). The van der Waals surface area contributed by atoms with E-state index in [-0.39, 0.29) is 33.5 Å². The fraction of sp³-hybridized carbons (Fsp3) is 0.0909. The molecule has 0 bridgehead atoms. The second-order valence-electron chi connectivity index (χ2n) is 6.58. The standard InChI is InChI=1S/C22H14F6N2O2S/c23-14-5-1-12(2-6-14)19(31)29-15-7-10-18(17(11-15)22(26,27)28)30-20(32)13-3-8-16(9-4-13)33-21(24)25/h1-11,21H,(H,29,31)(H,30,32). The predicted molar refractivity (Wildman–Crippen MR) is 112 cm³/mol. The zero-order chi connectivity index (χ0) is 24.2. The Morgan fingerprint density at radius 2 is 1.33 bits per heavy atom. The highest BCUT2D eigenvalue weighted by Gasteiger charge is 2.34. The average Bonchev–Trinajstić information content (AvgIpc) is 2.74. The van der Waals surface area contributed by atoms with E-state index >= 15 is 0 Å². The predicted octanol–water partition coefficient (Wildman–Crippen LogP) is 6.66. The number of amides is 2. The zero-order valence-electron chi connectivity index (χ0n) is 16.4. The molecule has 33 heavy (non-hydrogen) atoms. The van der Waals surface area contributed by atoms with E-state index in [9.17, 15) is 35.9 Å². The van der Waals surface area contributed by atoms with Crippen LogP contribution in [0.15, 0.2) is 71.6 Å². The van der Waals surface area contributed by atoms with Crippen molar-refractivity contribution in [3.05, 3.63) is 89.2 Å². The Balaban J connectivity index is 1.80. The van der Waals surface area contributed by atoms with Gasteiger partial charge in [0.15, 0.2) is 0 Å². The lowest BCUT2D eigenvalue weighted by atomic mass is 10.1. The summed E-state index contributed by atoms with van der Waals surface area (Å²) in [5, 5.41) is 4.43. The van der Waals surface area contributed by atoms with E-state index in [1.165, 1.54) is 36.4 Å². The maximum Gasteiger partial charge on any atom is 0.418 e. The summed E-state index contributed by atoms with van der Waals surface area (Å²) in [6.07, 6.45) is -4.86. The van der Waals surface area contributed by atoms with Gasteiger partial charge in [0.05, 0.1) is 11.3 Å². The fourth-order valence-electron chi connectivity index (χ4n) is 2.75. The van der Waals surface area contributed by atoms with Gasteiger partial charge >= 0.3 is 6.18 Å². The van der Waals surface area contributed by atoms with Crippen LogP contribution in [0, 0.1) is 5.82 Å². The van der Waals surface area contributed by atoms with Crippen molar-refractivity contribution in [2.45, 2.75) is 16.8 Å². The molecule has 0 saturated carbocycles. The number of carbonyl (C=O) groups excluding carboxylic acids is 2. The Morgan fingerprint density at radius 3 is 1.88 bits per heavy atom. The van der Waals surface area contributed by atoms with Crippen molar-refractivity contribution in [2.75, 3.05) is 10.6 Å². The molecule has 0 aliphatic heterocycles. The summed E-state index contributed by atoms with van der Waals surface area (Å²) in [4.78, 5) is 24.8. The molecule has 0 aliphatic rings. The van der Waals surface area contributed by atoms with Crippen LogP contribution in [-0.2, 0) is 6.18 Å². The van der Waals surface area contributed by atoms with Gasteiger partial charge in [-0.1, -0.05) is 11.8 Å². The van der Waals surface area contributed by atoms with Gasteiger partial charge in [0.1, 0.15) is 5.82 Å². The van der Waals surface area contributed by atoms with Crippen LogP contribution in [0.2, 0.25) is 0 Å². The molecule has 2 N–H and O–H groups in total. The first-order valence-corrected chi connectivity index (χ1v) is 10.1. The minimum absolute atomic E-state index is 0.0320. The Hall–Kier alpha value is -3.47. The largest absolute Gasteiger partial charge is 0.418 e. The Bertz CT molecular complexity index is 1150. The molecular formula is C22H14F6N2O2S. The quantitative estimate of drug-likeness (QED) is 0.304. The van der Waals surface area contributed by atoms with Crippen molar-refractivity contribution >= 4 is 35.0 Å². The van der Waals surface area contributed by atoms with Crippen molar-refractivity contribution < 1.29 is 35.9 Å². The summed E-state index contributed by atoms with van der Waals surface area (Å²) < 4.78 is 78.5. The number of halogens is 6. The summed E-state index contributed by atoms with van der Waals surface area (Å²) in [6, 6.07) is 12.1. The van der Waals surface area contributed by atoms with Gasteiger partial charge in [0, 0.05) is 21.7 Å². The molecule has 0 aliphatic carbocycles. The first kappa shape index (κ1) is 24.2. The van der Waals surface area contributed by atoms with E-state index in [4.69, 9.17) is 0 Å². The molecule has 0 atom stereocenters. The molecule has 0 aromatic heterocycles. The number of anilines is 2. The molecule has 0 spiro atoms. The second kappa shape index (κ2) is 9.99. The van der Waals surface area contributed by atoms with E-state index < -0.39 is 40.8 Å². The van der Waals surface area contributed by atoms with Crippen molar-refractivity contribution in [3.8, 4) is 0 Å². The summed E-state index contributed by atoms with van der Waals surface area (Å²) >= 11 is 0.267. The first-order chi connectivity index (χ1) is 15.5. The summed E-state index contributed by atoms with van der Waals surface area (Å²) in [5.74, 6) is -4.85. The number of nitrogens with one attached hydrogen (secondary N) is 2. The highest BCUT2D eigenvalue weighted by Crippen LogP contribution is 2.37. The molecule has 0 saturated heterocycles. The number of rotatable bonds is 6. The molecule has 0 radical (unpaired) electrons. The van der Waals surface area contributed by atoms with Gasteiger partial charge < -0.3 is 10.6 Å². The van der Waals surface area contributed by atoms with Crippen LogP contribution in [-0.4, -0.2) is 17.6 Å². The van der Waals surface area contributed by atoms with Crippen LogP contribution < -0.4 is 10.6 Å². The molecule has 0 heterocycles. The monoisotopic (exact) mass is 484 g/mol. The van der Waals surface area contributed by atoms with Crippen LogP contribution in [0.1, 0.15) is 26.3 Å². The van der Waals surface area contributed by atoms with Crippen molar-refractivity contribution in [3.63, 3.8) is 0 Å². The fourth-order valence-corrected chi connectivity index (χ4v) is 3.25. The van der Waals surface area contributed by atoms with Gasteiger partial charge in [-0.25, -0.2) is 4.39 Å². The second-order valence-corrected chi connectivity index (χ2v) is 7.64. The smallest absolute Gasteiger partial charge is 0.322 e. The van der Waals surface area contributed by atoms with Crippen LogP contribution in [0.25, 0.3) is 0 Å². The third kappa shape index (κ3) is 6.51. The number of benzene rings is 3. The van der Waals surface area contributed by atoms with Gasteiger partial charge in [-0.05, 0) is 66.7 Å². The molecule has 4 nitrogen and oxygen atoms in total. The van der Waals surface area contributed by atoms with Crippen LogP contribution in [0.4, 0.5) is 37.7 Å². The SMILES string of the molecule is O=C(Nc1ccc(NC(=O)c2ccc(SC(F)F)cc2)c(C(F)(F)F)c1)c1ccc(F)cc1. The summed E-state index contributed by atoms with van der Waals surface area (Å²) in [7, 11) is 0. The molecule has 0 unspecified atom stereocenters. The van der Waals surface area contributed by atoms with Crippen molar-refractivity contribution in [1.82, 2.24) is 0 Å². The summed E-state index contributed by atoms with van der Waals surface area (Å²) in [5.41, 5.74) is -1.95. The van der Waals surface area contributed by atoms with Gasteiger partial charge in [0.2, 0.25) is 0 Å². The first-order valence-electron chi connectivity index (χ1n) is 9.17. The third-order valence-corrected chi connectivity index (χ3v) is 5.00. The molecule has 11 heteroatoms. The number of alkyl halides is 5. The Kier molecular flexibility index (Phi) is 7.32. The van der Waals surface area contributed by atoms with E-state index in [1.54, 1.807) is 0 Å². The number of carbonyl (C=O) groups is 2. The molecule has 2 amide bonds. The van der Waals surface area contributed by atoms with Crippen molar-refractivity contribution in [1.29, 1.82) is 0 Å². The van der Waals surface area contributed by atoms with E-state index in [1.807, 2.05) is 0 Å². The van der Waals surface area contributed by atoms with Crippen LogP contribution in [0.3, 0.4) is 0 Å². The van der Waals surface area contributed by atoms with Crippen LogP contribution in [0.5, 0.6) is 0 Å². The van der Waals surface area contributed by atoms with Crippen LogP contribution >= 0.6 is 11.8 Å². The lowest BCUT2D eigenvalue weighted by Crippen LogP contribution is -2.18. The van der Waals surface area contributed by atoms with E-state index in [2.05, 4.69) is 10.6 Å². The van der Waals surface area contributed by atoms with Crippen molar-refractivity contribution in [2.24, 2.45) is 0 Å². The average molecular weight is 484 g/mol. The molecular weight excluding hydrogens is 470 g/mol. The number of hydrogen-bond acceptors (Lipinski definition) is 3. The maximum absolute atomic E-state index is 13.6.